The van der Waals surface area contributed by atoms with Crippen molar-refractivity contribution in [3.63, 3.8) is 0 Å². The van der Waals surface area contributed by atoms with Gasteiger partial charge in [-0.2, -0.15) is 0 Å². The van der Waals surface area contributed by atoms with Crippen molar-refractivity contribution < 1.29 is 8.42 Å². The second-order valence-electron chi connectivity index (χ2n) is 6.44. The van der Waals surface area contributed by atoms with Gasteiger partial charge >= 0.3 is 0 Å². The highest BCUT2D eigenvalue weighted by Gasteiger charge is 2.30. The van der Waals surface area contributed by atoms with E-state index in [1.807, 2.05) is 43.3 Å². The number of aryl methyl sites for hydroxylation is 1. The van der Waals surface area contributed by atoms with Gasteiger partial charge in [0.1, 0.15) is 0 Å². The Morgan fingerprint density at radius 2 is 1.64 bits per heavy atom. The van der Waals surface area contributed by atoms with E-state index >= 15 is 0 Å². The van der Waals surface area contributed by atoms with E-state index in [1.165, 1.54) is 0 Å². The van der Waals surface area contributed by atoms with Gasteiger partial charge in [0, 0.05) is 21.2 Å². The fraction of sp³-hybridized carbons (Fsp3) is 0.368. The van der Waals surface area contributed by atoms with E-state index in [2.05, 4.69) is 4.72 Å². The van der Waals surface area contributed by atoms with Crippen molar-refractivity contribution >= 4 is 33.4 Å². The van der Waals surface area contributed by atoms with E-state index < -0.39 is 10.0 Å². The fourth-order valence-electron chi connectivity index (χ4n) is 3.05. The minimum absolute atomic E-state index is 0.0549. The summed E-state index contributed by atoms with van der Waals surface area (Å²) in [6.45, 7) is 1.95. The van der Waals surface area contributed by atoms with Crippen LogP contribution in [0, 0.1) is 6.92 Å². The maximum Gasteiger partial charge on any atom is 0.240 e. The van der Waals surface area contributed by atoms with E-state index in [9.17, 15) is 8.42 Å². The molecule has 3 rings (SSSR count). The lowest BCUT2D eigenvalue weighted by Crippen LogP contribution is -2.43. The number of rotatable bonds is 5. The third-order valence-electron chi connectivity index (χ3n) is 4.44. The summed E-state index contributed by atoms with van der Waals surface area (Å²) in [5, 5.41) is 0.944. The summed E-state index contributed by atoms with van der Waals surface area (Å²) in [4.78, 5) is 1.45. The zero-order chi connectivity index (χ0) is 17.9. The first-order valence-corrected chi connectivity index (χ1v) is 11.2. The molecule has 3 nitrogen and oxygen atoms in total. The molecule has 1 aliphatic carbocycles. The molecule has 1 fully saturated rings. The molecule has 0 aromatic heterocycles. The lowest BCUT2D eigenvalue weighted by molar-refractivity contribution is 0.423. The Hall–Kier alpha value is -1.01. The van der Waals surface area contributed by atoms with Crippen molar-refractivity contribution in [2.24, 2.45) is 0 Å². The summed E-state index contributed by atoms with van der Waals surface area (Å²) in [6, 6.07) is 14.7. The monoisotopic (exact) mass is 395 g/mol. The van der Waals surface area contributed by atoms with Crippen LogP contribution >= 0.6 is 23.4 Å². The summed E-state index contributed by atoms with van der Waals surface area (Å²) < 4.78 is 28.4. The van der Waals surface area contributed by atoms with Crippen LogP contribution in [-0.4, -0.2) is 19.7 Å². The number of hydrogen-bond donors (Lipinski definition) is 1. The highest BCUT2D eigenvalue weighted by molar-refractivity contribution is 8.00. The van der Waals surface area contributed by atoms with Gasteiger partial charge < -0.3 is 0 Å². The normalized spacial score (nSPS) is 21.2. The Morgan fingerprint density at radius 3 is 2.32 bits per heavy atom. The second-order valence-corrected chi connectivity index (χ2v) is 9.90. The molecule has 2 aromatic rings. The second kappa shape index (κ2) is 8.12. The van der Waals surface area contributed by atoms with Crippen molar-refractivity contribution in [1.29, 1.82) is 0 Å². The van der Waals surface area contributed by atoms with Crippen molar-refractivity contribution in [3.05, 3.63) is 59.1 Å². The van der Waals surface area contributed by atoms with Crippen LogP contribution < -0.4 is 4.72 Å². The predicted molar refractivity (Wildman–Crippen MR) is 105 cm³/mol. The van der Waals surface area contributed by atoms with Crippen LogP contribution in [0.4, 0.5) is 0 Å². The lowest BCUT2D eigenvalue weighted by Gasteiger charge is -2.31. The number of hydrogen-bond acceptors (Lipinski definition) is 3. The van der Waals surface area contributed by atoms with E-state index in [0.29, 0.717) is 9.92 Å². The topological polar surface area (TPSA) is 46.2 Å². The summed E-state index contributed by atoms with van der Waals surface area (Å²) in [5.41, 5.74) is 1.05. The third-order valence-corrected chi connectivity index (χ3v) is 7.61. The maximum atomic E-state index is 12.7. The van der Waals surface area contributed by atoms with Crippen molar-refractivity contribution in [1.82, 2.24) is 4.72 Å². The molecule has 1 N–H and O–H groups in total. The average Bonchev–Trinajstić information content (AvgIpc) is 2.59. The van der Waals surface area contributed by atoms with E-state index in [1.54, 1.807) is 23.9 Å². The van der Waals surface area contributed by atoms with Crippen LogP contribution in [0.2, 0.25) is 5.02 Å². The minimum atomic E-state index is -3.49. The Kier molecular flexibility index (Phi) is 6.10. The Labute approximate surface area is 159 Å². The van der Waals surface area contributed by atoms with Crippen LogP contribution in [0.3, 0.4) is 0 Å². The average molecular weight is 396 g/mol. The fourth-order valence-corrected chi connectivity index (χ4v) is 5.86. The number of nitrogens with one attached hydrogen (secondary N) is 1. The smallest absolute Gasteiger partial charge is 0.207 e. The molecular formula is C19H22ClNO2S2. The molecule has 0 unspecified atom stereocenters. The van der Waals surface area contributed by atoms with Gasteiger partial charge in [-0.3, -0.25) is 0 Å². The molecular weight excluding hydrogens is 374 g/mol. The highest BCUT2D eigenvalue weighted by atomic mass is 35.5. The number of thioether (sulfide) groups is 1. The first kappa shape index (κ1) is 18.8. The molecule has 134 valence electrons. The summed E-state index contributed by atoms with van der Waals surface area (Å²) in [6.07, 6.45) is 4.07. The number of halogens is 1. The standard InChI is InChI=1S/C19H22ClNO2S2/c1-14-6-12-17(13-7-14)25(22,23)21-18-4-2-3-5-19(18)24-16-10-8-15(20)9-11-16/h6-13,18-19,21H,2-5H2,1H3/t18-,19-/m1/s1. The zero-order valence-electron chi connectivity index (χ0n) is 14.1. The largest absolute Gasteiger partial charge is 0.240 e. The molecule has 0 amide bonds. The molecule has 25 heavy (non-hydrogen) atoms. The number of sulfonamides is 1. The molecule has 6 heteroatoms. The van der Waals surface area contributed by atoms with Gasteiger partial charge in [0.2, 0.25) is 10.0 Å². The molecule has 0 radical (unpaired) electrons. The van der Waals surface area contributed by atoms with E-state index in [4.69, 9.17) is 11.6 Å². The van der Waals surface area contributed by atoms with Crippen LogP contribution in [0.5, 0.6) is 0 Å². The van der Waals surface area contributed by atoms with Crippen molar-refractivity contribution in [3.8, 4) is 0 Å². The first-order valence-electron chi connectivity index (χ1n) is 8.45. The van der Waals surface area contributed by atoms with Crippen LogP contribution in [-0.2, 0) is 10.0 Å². The maximum absolute atomic E-state index is 12.7. The molecule has 2 aromatic carbocycles. The lowest BCUT2D eigenvalue weighted by atomic mass is 9.96. The van der Waals surface area contributed by atoms with Crippen LogP contribution in [0.25, 0.3) is 0 Å². The zero-order valence-corrected chi connectivity index (χ0v) is 16.5. The van der Waals surface area contributed by atoms with Gasteiger partial charge in [-0.15, -0.1) is 11.8 Å². The van der Waals surface area contributed by atoms with Gasteiger partial charge in [0.25, 0.3) is 0 Å². The Bertz CT molecular complexity index is 804. The molecule has 0 spiro atoms. The van der Waals surface area contributed by atoms with Crippen LogP contribution in [0.1, 0.15) is 31.2 Å². The minimum Gasteiger partial charge on any atom is -0.207 e. The molecule has 0 aliphatic heterocycles. The summed E-state index contributed by atoms with van der Waals surface area (Å²) >= 11 is 7.68. The summed E-state index contributed by atoms with van der Waals surface area (Å²) in [7, 11) is -3.49. The van der Waals surface area contributed by atoms with Crippen molar-refractivity contribution in [2.75, 3.05) is 0 Å². The van der Waals surface area contributed by atoms with Gasteiger partial charge in [-0.1, -0.05) is 42.1 Å². The first-order chi connectivity index (χ1) is 11.9. The van der Waals surface area contributed by atoms with Gasteiger partial charge in [-0.25, -0.2) is 13.1 Å². The van der Waals surface area contributed by atoms with E-state index in [0.717, 1.165) is 36.1 Å². The quantitative estimate of drug-likeness (QED) is 0.772. The number of benzene rings is 2. The molecule has 0 bridgehead atoms. The van der Waals surface area contributed by atoms with Gasteiger partial charge in [0.05, 0.1) is 4.90 Å². The molecule has 0 saturated heterocycles. The highest BCUT2D eigenvalue weighted by Crippen LogP contribution is 2.35. The predicted octanol–water partition coefficient (Wildman–Crippen LogP) is 5.03. The summed E-state index contributed by atoms with van der Waals surface area (Å²) in [5.74, 6) is 0. The van der Waals surface area contributed by atoms with E-state index in [-0.39, 0.29) is 11.3 Å². The Balaban J connectivity index is 1.74. The van der Waals surface area contributed by atoms with Crippen LogP contribution in [0.15, 0.2) is 58.3 Å². The molecule has 1 aliphatic rings. The van der Waals surface area contributed by atoms with Crippen molar-refractivity contribution in [2.45, 2.75) is 53.7 Å². The molecule has 2 atom stereocenters. The SMILES string of the molecule is Cc1ccc(S(=O)(=O)N[C@@H]2CCCC[C@H]2Sc2ccc(Cl)cc2)cc1. The van der Waals surface area contributed by atoms with Gasteiger partial charge in [-0.05, 0) is 56.2 Å². The Morgan fingerprint density at radius 1 is 1.00 bits per heavy atom. The molecule has 1 saturated carbocycles. The van der Waals surface area contributed by atoms with Gasteiger partial charge in [0.15, 0.2) is 0 Å². The third kappa shape index (κ3) is 5.00. The molecule has 0 heterocycles.